The highest BCUT2D eigenvalue weighted by molar-refractivity contribution is 6.08. The molecule has 1 aliphatic heterocycles. The number of hydrogen-bond donors (Lipinski definition) is 0. The van der Waals surface area contributed by atoms with Gasteiger partial charge in [-0.15, -0.1) is 0 Å². The summed E-state index contributed by atoms with van der Waals surface area (Å²) >= 11 is 0. The van der Waals surface area contributed by atoms with Crippen molar-refractivity contribution in [2.24, 2.45) is 0 Å². The molecule has 0 spiro atoms. The van der Waals surface area contributed by atoms with E-state index in [4.69, 9.17) is 4.74 Å². The van der Waals surface area contributed by atoms with Gasteiger partial charge in [-0.3, -0.25) is 4.79 Å². The number of amides is 1. The summed E-state index contributed by atoms with van der Waals surface area (Å²) in [6.07, 6.45) is 1.59. The van der Waals surface area contributed by atoms with E-state index in [0.717, 1.165) is 22.4 Å². The summed E-state index contributed by atoms with van der Waals surface area (Å²) < 4.78 is 5.16. The number of fused-ring (bicyclic) bond motifs is 1. The van der Waals surface area contributed by atoms with Crippen LogP contribution in [-0.4, -0.2) is 18.0 Å². The van der Waals surface area contributed by atoms with Crippen LogP contribution in [0.4, 0.5) is 5.69 Å². The molecule has 0 fully saturated rings. The quantitative estimate of drug-likeness (QED) is 0.841. The molecule has 0 N–H and O–H groups in total. The van der Waals surface area contributed by atoms with Crippen molar-refractivity contribution in [2.75, 3.05) is 12.0 Å². The molecule has 3 rings (SSSR count). The highest BCUT2D eigenvalue weighted by atomic mass is 16.5. The van der Waals surface area contributed by atoms with Crippen LogP contribution in [0.25, 0.3) is 0 Å². The number of methoxy groups -OCH3 is 1. The van der Waals surface area contributed by atoms with Crippen LogP contribution in [0.2, 0.25) is 0 Å². The van der Waals surface area contributed by atoms with Crippen LogP contribution in [0.3, 0.4) is 0 Å². The molecule has 0 unspecified atom stereocenters. The van der Waals surface area contributed by atoms with Crippen molar-refractivity contribution < 1.29 is 9.53 Å². The lowest BCUT2D eigenvalue weighted by atomic mass is 10.1. The number of carbonyl (C=O) groups is 1. The van der Waals surface area contributed by atoms with E-state index in [1.165, 1.54) is 0 Å². The van der Waals surface area contributed by atoms with Crippen molar-refractivity contribution in [3.63, 3.8) is 0 Å². The Balaban J connectivity index is 2.00. The fraction of sp³-hybridized carbons (Fsp3) is 0.250. The number of carbonyl (C=O) groups excluding carboxylic acids is 1. The van der Waals surface area contributed by atoms with E-state index in [2.05, 4.69) is 11.1 Å². The second-order valence-corrected chi connectivity index (χ2v) is 5.12. The first kappa shape index (κ1) is 12.7. The first-order valence-corrected chi connectivity index (χ1v) is 6.51. The van der Waals surface area contributed by atoms with Crippen molar-refractivity contribution in [1.82, 2.24) is 4.98 Å². The minimum absolute atomic E-state index is 0.0485. The van der Waals surface area contributed by atoms with Crippen LogP contribution >= 0.6 is 0 Å². The largest absolute Gasteiger partial charge is 0.495 e. The van der Waals surface area contributed by atoms with Crippen LogP contribution in [0.1, 0.15) is 27.2 Å². The molecule has 0 radical (unpaired) electrons. The van der Waals surface area contributed by atoms with E-state index in [1.807, 2.05) is 32.0 Å². The second kappa shape index (κ2) is 4.63. The standard InChI is InChI=1S/C16H16N2O2/c1-10-4-11(2)6-13(5-10)18-9-12-7-14(20-3)8-17-15(12)16(18)19/h4-8H,9H2,1-3H3. The topological polar surface area (TPSA) is 42.4 Å². The van der Waals surface area contributed by atoms with Gasteiger partial charge >= 0.3 is 0 Å². The van der Waals surface area contributed by atoms with Crippen molar-refractivity contribution in [3.05, 3.63) is 52.8 Å². The summed E-state index contributed by atoms with van der Waals surface area (Å²) in [5, 5.41) is 0. The number of nitrogens with zero attached hydrogens (tertiary/aromatic N) is 2. The molecule has 0 aliphatic carbocycles. The normalized spacial score (nSPS) is 13.6. The highest BCUT2D eigenvalue weighted by Crippen LogP contribution is 2.30. The summed E-state index contributed by atoms with van der Waals surface area (Å²) in [6.45, 7) is 4.61. The fourth-order valence-corrected chi connectivity index (χ4v) is 2.60. The molecule has 1 aromatic carbocycles. The Bertz CT molecular complexity index is 675. The van der Waals surface area contributed by atoms with E-state index in [-0.39, 0.29) is 5.91 Å². The molecule has 102 valence electrons. The second-order valence-electron chi connectivity index (χ2n) is 5.12. The summed E-state index contributed by atoms with van der Waals surface area (Å²) in [7, 11) is 1.60. The van der Waals surface area contributed by atoms with Gasteiger partial charge in [0.15, 0.2) is 0 Å². The van der Waals surface area contributed by atoms with Crippen molar-refractivity contribution in [3.8, 4) is 5.75 Å². The van der Waals surface area contributed by atoms with Crippen LogP contribution < -0.4 is 9.64 Å². The Kier molecular flexibility index (Phi) is 2.93. The minimum Gasteiger partial charge on any atom is -0.495 e. The summed E-state index contributed by atoms with van der Waals surface area (Å²) in [4.78, 5) is 18.4. The van der Waals surface area contributed by atoms with Gasteiger partial charge in [0.25, 0.3) is 5.91 Å². The monoisotopic (exact) mass is 268 g/mol. The molecule has 4 heteroatoms. The number of aryl methyl sites for hydroxylation is 2. The van der Waals surface area contributed by atoms with Gasteiger partial charge in [0.1, 0.15) is 11.4 Å². The Labute approximate surface area is 118 Å². The molecule has 20 heavy (non-hydrogen) atoms. The van der Waals surface area contributed by atoms with E-state index >= 15 is 0 Å². The Morgan fingerprint density at radius 2 is 1.85 bits per heavy atom. The fourth-order valence-electron chi connectivity index (χ4n) is 2.60. The molecule has 0 saturated carbocycles. The first-order valence-electron chi connectivity index (χ1n) is 6.51. The summed E-state index contributed by atoms with van der Waals surface area (Å²) in [5.41, 5.74) is 4.64. The molecule has 1 amide bonds. The average Bonchev–Trinajstić information content (AvgIpc) is 2.74. The Morgan fingerprint density at radius 1 is 1.15 bits per heavy atom. The molecular formula is C16H16N2O2. The maximum absolute atomic E-state index is 12.4. The predicted octanol–water partition coefficient (Wildman–Crippen LogP) is 2.87. The van der Waals surface area contributed by atoms with Gasteiger partial charge in [-0.2, -0.15) is 0 Å². The SMILES string of the molecule is COc1cnc2c(c1)CN(c1cc(C)cc(C)c1)C2=O. The van der Waals surface area contributed by atoms with E-state index in [9.17, 15) is 4.79 Å². The number of rotatable bonds is 2. The lowest BCUT2D eigenvalue weighted by Crippen LogP contribution is -2.23. The smallest absolute Gasteiger partial charge is 0.277 e. The van der Waals surface area contributed by atoms with Crippen LogP contribution in [0.5, 0.6) is 5.75 Å². The lowest BCUT2D eigenvalue weighted by Gasteiger charge is -2.16. The maximum atomic E-state index is 12.4. The van der Waals surface area contributed by atoms with Crippen LogP contribution in [0, 0.1) is 13.8 Å². The molecule has 0 bridgehead atoms. The van der Waals surface area contributed by atoms with Crippen LogP contribution in [0.15, 0.2) is 30.5 Å². The molecule has 1 aromatic heterocycles. The zero-order chi connectivity index (χ0) is 14.3. The zero-order valence-corrected chi connectivity index (χ0v) is 11.8. The predicted molar refractivity (Wildman–Crippen MR) is 77.2 cm³/mol. The van der Waals surface area contributed by atoms with Crippen molar-refractivity contribution >= 4 is 11.6 Å². The van der Waals surface area contributed by atoms with Gasteiger partial charge in [-0.25, -0.2) is 4.98 Å². The van der Waals surface area contributed by atoms with E-state index in [1.54, 1.807) is 18.2 Å². The third-order valence-corrected chi connectivity index (χ3v) is 3.47. The third-order valence-electron chi connectivity index (χ3n) is 3.47. The Hall–Kier alpha value is -2.36. The molecule has 2 aromatic rings. The number of pyridine rings is 1. The van der Waals surface area contributed by atoms with Gasteiger partial charge in [-0.1, -0.05) is 6.07 Å². The third kappa shape index (κ3) is 2.03. The van der Waals surface area contributed by atoms with Crippen LogP contribution in [-0.2, 0) is 6.54 Å². The van der Waals surface area contributed by atoms with Crippen molar-refractivity contribution in [1.29, 1.82) is 0 Å². The number of anilines is 1. The molecular weight excluding hydrogens is 252 g/mol. The number of aromatic nitrogens is 1. The van der Waals surface area contributed by atoms with Crippen molar-refractivity contribution in [2.45, 2.75) is 20.4 Å². The van der Waals surface area contributed by atoms with Gasteiger partial charge in [0, 0.05) is 11.3 Å². The Morgan fingerprint density at radius 3 is 2.50 bits per heavy atom. The van der Waals surface area contributed by atoms with E-state index < -0.39 is 0 Å². The minimum atomic E-state index is -0.0485. The summed E-state index contributed by atoms with van der Waals surface area (Å²) in [6, 6.07) is 8.02. The lowest BCUT2D eigenvalue weighted by molar-refractivity contribution is 0.0992. The number of hydrogen-bond acceptors (Lipinski definition) is 3. The number of ether oxygens (including phenoxy) is 1. The van der Waals surface area contributed by atoms with Gasteiger partial charge < -0.3 is 9.64 Å². The van der Waals surface area contributed by atoms with E-state index in [0.29, 0.717) is 18.0 Å². The first-order chi connectivity index (χ1) is 9.58. The number of benzene rings is 1. The molecule has 1 aliphatic rings. The molecule has 0 atom stereocenters. The maximum Gasteiger partial charge on any atom is 0.277 e. The molecule has 0 saturated heterocycles. The average molecular weight is 268 g/mol. The molecule has 2 heterocycles. The van der Waals surface area contributed by atoms with Gasteiger partial charge in [0.2, 0.25) is 0 Å². The van der Waals surface area contributed by atoms with Gasteiger partial charge in [0.05, 0.1) is 19.9 Å². The molecule has 4 nitrogen and oxygen atoms in total. The summed E-state index contributed by atoms with van der Waals surface area (Å²) in [5.74, 6) is 0.631. The highest BCUT2D eigenvalue weighted by Gasteiger charge is 2.30. The zero-order valence-electron chi connectivity index (χ0n) is 11.8. The van der Waals surface area contributed by atoms with Gasteiger partial charge in [-0.05, 0) is 43.2 Å².